The molecule has 2 rings (SSSR count). The van der Waals surface area contributed by atoms with Crippen LogP contribution in [0.2, 0.25) is 0 Å². The number of halogens is 1. The number of carbonyl (C=O) groups excluding carboxylic acids is 1. The highest BCUT2D eigenvalue weighted by molar-refractivity contribution is 5.98. The molecule has 0 aliphatic rings. The van der Waals surface area contributed by atoms with Crippen molar-refractivity contribution in [2.45, 2.75) is 38.8 Å². The minimum absolute atomic E-state index is 0.0434. The number of nitrogens with two attached hydrogens (primary N) is 2. The number of hydrogen-bond donors (Lipinski definition) is 5. The summed E-state index contributed by atoms with van der Waals surface area (Å²) in [5, 5.41) is 5.81. The number of nitrogens with one attached hydrogen (secondary N) is 3. The number of H-pyrrole nitrogens is 1. The van der Waals surface area contributed by atoms with Crippen molar-refractivity contribution in [1.82, 2.24) is 9.97 Å². The lowest BCUT2D eigenvalue weighted by molar-refractivity contribution is 0.100. The van der Waals surface area contributed by atoms with Crippen LogP contribution in [-0.2, 0) is 0 Å². The van der Waals surface area contributed by atoms with Gasteiger partial charge in [0.1, 0.15) is 5.82 Å². The Morgan fingerprint density at radius 2 is 2.12 bits per heavy atom. The van der Waals surface area contributed by atoms with E-state index in [0.717, 1.165) is 18.9 Å². The maximum absolute atomic E-state index is 14.4. The van der Waals surface area contributed by atoms with Crippen molar-refractivity contribution in [1.29, 1.82) is 0 Å². The van der Waals surface area contributed by atoms with Crippen LogP contribution in [0.3, 0.4) is 0 Å². The van der Waals surface area contributed by atoms with Gasteiger partial charge in [-0.15, -0.1) is 0 Å². The molecule has 0 saturated carbocycles. The Balaban J connectivity index is 2.41. The average Bonchev–Trinajstić information content (AvgIpc) is 2.56. The zero-order valence-electron chi connectivity index (χ0n) is 14.7. The molecule has 0 fully saturated rings. The number of carbonyl (C=O) groups is 1. The standard InChI is InChI=1S/C17H23FN6O2/c1-3-4-13(9(2)19)23-17-12(18)8-11(15(20)26)16(24-17)22-10-5-6-21-14(25)7-10/h5-9,13H,3-4,19H2,1-2H3,(H2,20,26)(H3,21,22,23,24,25)/t9-,13+/m0/s1. The molecule has 0 radical (unpaired) electrons. The molecule has 2 aromatic heterocycles. The van der Waals surface area contributed by atoms with Gasteiger partial charge >= 0.3 is 0 Å². The van der Waals surface area contributed by atoms with Gasteiger partial charge in [-0.3, -0.25) is 9.59 Å². The molecule has 0 unspecified atom stereocenters. The largest absolute Gasteiger partial charge is 0.365 e. The van der Waals surface area contributed by atoms with Crippen LogP contribution in [0.15, 0.2) is 29.2 Å². The van der Waals surface area contributed by atoms with Crippen molar-refractivity contribution >= 4 is 23.2 Å². The van der Waals surface area contributed by atoms with Gasteiger partial charge in [0.15, 0.2) is 11.6 Å². The molecule has 0 aliphatic heterocycles. The summed E-state index contributed by atoms with van der Waals surface area (Å²) >= 11 is 0. The monoisotopic (exact) mass is 362 g/mol. The highest BCUT2D eigenvalue weighted by Gasteiger charge is 2.20. The van der Waals surface area contributed by atoms with Crippen LogP contribution in [-0.4, -0.2) is 28.0 Å². The summed E-state index contributed by atoms with van der Waals surface area (Å²) in [4.78, 5) is 29.7. The Morgan fingerprint density at radius 3 is 2.69 bits per heavy atom. The number of aromatic amines is 1. The Kier molecular flexibility index (Phi) is 6.29. The van der Waals surface area contributed by atoms with E-state index in [4.69, 9.17) is 11.5 Å². The minimum Gasteiger partial charge on any atom is -0.365 e. The van der Waals surface area contributed by atoms with E-state index in [1.165, 1.54) is 12.3 Å². The molecule has 9 heteroatoms. The third-order valence-electron chi connectivity index (χ3n) is 3.84. The molecule has 0 bridgehead atoms. The van der Waals surface area contributed by atoms with Gasteiger partial charge in [-0.25, -0.2) is 9.37 Å². The fraction of sp³-hybridized carbons (Fsp3) is 0.353. The zero-order chi connectivity index (χ0) is 19.3. The molecule has 140 valence electrons. The summed E-state index contributed by atoms with van der Waals surface area (Å²) in [6, 6.07) is 3.46. The second-order valence-electron chi connectivity index (χ2n) is 6.04. The van der Waals surface area contributed by atoms with Crippen LogP contribution in [0, 0.1) is 5.82 Å². The van der Waals surface area contributed by atoms with Crippen molar-refractivity contribution in [2.24, 2.45) is 11.5 Å². The molecular weight excluding hydrogens is 339 g/mol. The lowest BCUT2D eigenvalue weighted by Gasteiger charge is -2.23. The first-order valence-electron chi connectivity index (χ1n) is 8.30. The molecule has 1 amide bonds. The smallest absolute Gasteiger partial charge is 0.252 e. The van der Waals surface area contributed by atoms with E-state index in [9.17, 15) is 14.0 Å². The van der Waals surface area contributed by atoms with E-state index >= 15 is 0 Å². The normalized spacial score (nSPS) is 13.1. The highest BCUT2D eigenvalue weighted by Crippen LogP contribution is 2.24. The van der Waals surface area contributed by atoms with Gasteiger partial charge in [0.05, 0.1) is 5.56 Å². The van der Waals surface area contributed by atoms with Crippen molar-refractivity contribution < 1.29 is 9.18 Å². The lowest BCUT2D eigenvalue weighted by atomic mass is 10.1. The summed E-state index contributed by atoms with van der Waals surface area (Å²) < 4.78 is 14.4. The van der Waals surface area contributed by atoms with Gasteiger partial charge in [-0.1, -0.05) is 13.3 Å². The van der Waals surface area contributed by atoms with E-state index in [1.54, 1.807) is 6.07 Å². The second kappa shape index (κ2) is 8.43. The predicted molar refractivity (Wildman–Crippen MR) is 99.0 cm³/mol. The number of nitrogens with zero attached hydrogens (tertiary/aromatic N) is 1. The SMILES string of the molecule is CCC[C@@H](Nc1nc(Nc2cc[nH]c(=O)c2)c(C(N)=O)cc1F)[C@H](C)N. The van der Waals surface area contributed by atoms with Gasteiger partial charge in [-0.05, 0) is 25.5 Å². The number of pyridine rings is 2. The Morgan fingerprint density at radius 1 is 1.38 bits per heavy atom. The number of rotatable bonds is 8. The average molecular weight is 362 g/mol. The summed E-state index contributed by atoms with van der Waals surface area (Å²) in [5.74, 6) is -1.55. The molecule has 2 aromatic rings. The van der Waals surface area contributed by atoms with Crippen molar-refractivity contribution in [3.8, 4) is 0 Å². The van der Waals surface area contributed by atoms with Gasteiger partial charge in [0.2, 0.25) is 5.56 Å². The lowest BCUT2D eigenvalue weighted by Crippen LogP contribution is -2.38. The minimum atomic E-state index is -0.840. The number of primary amides is 1. The first kappa shape index (κ1) is 19.4. The van der Waals surface area contributed by atoms with Crippen LogP contribution in [0.4, 0.5) is 21.7 Å². The molecule has 8 nitrogen and oxygen atoms in total. The summed E-state index contributed by atoms with van der Waals surface area (Å²) in [5.41, 5.74) is 11.2. The Bertz CT molecular complexity index is 836. The van der Waals surface area contributed by atoms with Gasteiger partial charge in [0, 0.05) is 30.0 Å². The number of aromatic nitrogens is 2. The number of amides is 1. The second-order valence-corrected chi connectivity index (χ2v) is 6.04. The van der Waals surface area contributed by atoms with Crippen LogP contribution in [0.1, 0.15) is 37.0 Å². The summed E-state index contributed by atoms with van der Waals surface area (Å²) in [7, 11) is 0. The topological polar surface area (TPSA) is 139 Å². The fourth-order valence-electron chi connectivity index (χ4n) is 2.49. The Labute approximate surface area is 150 Å². The molecule has 2 atom stereocenters. The number of anilines is 3. The van der Waals surface area contributed by atoms with Crippen LogP contribution >= 0.6 is 0 Å². The molecule has 0 spiro atoms. The molecule has 2 heterocycles. The third kappa shape index (κ3) is 4.79. The first-order valence-corrected chi connectivity index (χ1v) is 8.30. The highest BCUT2D eigenvalue weighted by atomic mass is 19.1. The zero-order valence-corrected chi connectivity index (χ0v) is 14.7. The summed E-state index contributed by atoms with van der Waals surface area (Å²) in [6.45, 7) is 3.81. The molecule has 0 aliphatic carbocycles. The molecule has 7 N–H and O–H groups in total. The maximum atomic E-state index is 14.4. The van der Waals surface area contributed by atoms with Crippen molar-refractivity contribution in [3.63, 3.8) is 0 Å². The van der Waals surface area contributed by atoms with E-state index in [-0.39, 0.29) is 34.8 Å². The van der Waals surface area contributed by atoms with E-state index < -0.39 is 11.7 Å². The van der Waals surface area contributed by atoms with E-state index in [2.05, 4.69) is 20.6 Å². The third-order valence-corrected chi connectivity index (χ3v) is 3.84. The Hall–Kier alpha value is -2.94. The van der Waals surface area contributed by atoms with Crippen LogP contribution in [0.5, 0.6) is 0 Å². The molecular formula is C17H23FN6O2. The van der Waals surface area contributed by atoms with Crippen LogP contribution < -0.4 is 27.7 Å². The maximum Gasteiger partial charge on any atom is 0.252 e. The van der Waals surface area contributed by atoms with Gasteiger partial charge in [-0.2, -0.15) is 0 Å². The predicted octanol–water partition coefficient (Wildman–Crippen LogP) is 1.68. The van der Waals surface area contributed by atoms with E-state index in [0.29, 0.717) is 5.69 Å². The van der Waals surface area contributed by atoms with Gasteiger partial charge < -0.3 is 27.1 Å². The van der Waals surface area contributed by atoms with E-state index in [1.807, 2.05) is 13.8 Å². The quantitative estimate of drug-likeness (QED) is 0.484. The van der Waals surface area contributed by atoms with Crippen molar-refractivity contribution in [2.75, 3.05) is 10.6 Å². The van der Waals surface area contributed by atoms with Crippen LogP contribution in [0.25, 0.3) is 0 Å². The van der Waals surface area contributed by atoms with Crippen molar-refractivity contribution in [3.05, 3.63) is 46.1 Å². The molecule has 0 saturated heterocycles. The fourth-order valence-corrected chi connectivity index (χ4v) is 2.49. The number of hydrogen-bond acceptors (Lipinski definition) is 6. The van der Waals surface area contributed by atoms with Gasteiger partial charge in [0.25, 0.3) is 5.91 Å². The molecule has 0 aromatic carbocycles. The molecule has 26 heavy (non-hydrogen) atoms. The first-order chi connectivity index (χ1) is 12.3. The summed E-state index contributed by atoms with van der Waals surface area (Å²) in [6.07, 6.45) is 3.02.